The molecule has 0 spiro atoms. The van der Waals surface area contributed by atoms with E-state index < -0.39 is 5.97 Å². The summed E-state index contributed by atoms with van der Waals surface area (Å²) in [6.07, 6.45) is -0.0284. The molecule has 0 radical (unpaired) electrons. The number of ether oxygens (including phenoxy) is 3. The van der Waals surface area contributed by atoms with Crippen LogP contribution in [0.2, 0.25) is 0 Å². The minimum absolute atomic E-state index is 0.0201. The number of nitrogens with zero attached hydrogens (tertiary/aromatic N) is 2. The molecule has 4 rings (SSSR count). The quantitative estimate of drug-likeness (QED) is 0.343. The molecule has 8 nitrogen and oxygen atoms in total. The molecule has 34 heavy (non-hydrogen) atoms. The Morgan fingerprint density at radius 1 is 1.06 bits per heavy atom. The van der Waals surface area contributed by atoms with Crippen LogP contribution >= 0.6 is 11.3 Å². The van der Waals surface area contributed by atoms with Gasteiger partial charge in [-0.25, -0.2) is 4.98 Å². The highest BCUT2D eigenvalue weighted by molar-refractivity contribution is 7.14. The molecule has 1 amide bonds. The number of esters is 1. The Morgan fingerprint density at radius 3 is 2.62 bits per heavy atom. The summed E-state index contributed by atoms with van der Waals surface area (Å²) >= 11 is 1.29. The summed E-state index contributed by atoms with van der Waals surface area (Å²) in [5, 5.41) is 2.24. The van der Waals surface area contributed by atoms with E-state index in [4.69, 9.17) is 14.2 Å². The summed E-state index contributed by atoms with van der Waals surface area (Å²) in [6, 6.07) is 12.6. The predicted octanol–water partition coefficient (Wildman–Crippen LogP) is 4.61. The van der Waals surface area contributed by atoms with Crippen LogP contribution in [0.3, 0.4) is 0 Å². The Balaban J connectivity index is 1.30. The number of thiazole rings is 1. The fourth-order valence-corrected chi connectivity index (χ4v) is 4.33. The molecular formula is C25H24N2O6S. The van der Waals surface area contributed by atoms with E-state index in [9.17, 15) is 14.4 Å². The lowest BCUT2D eigenvalue weighted by atomic mass is 10.1. The fourth-order valence-electron chi connectivity index (χ4n) is 3.46. The summed E-state index contributed by atoms with van der Waals surface area (Å²) in [6.45, 7) is 4.30. The molecule has 3 aromatic rings. The zero-order chi connectivity index (χ0) is 24.1. The lowest BCUT2D eigenvalue weighted by Crippen LogP contribution is -2.22. The fraction of sp³-hybridized carbons (Fsp3) is 0.280. The summed E-state index contributed by atoms with van der Waals surface area (Å²) in [4.78, 5) is 42.8. The predicted molar refractivity (Wildman–Crippen MR) is 127 cm³/mol. The zero-order valence-electron chi connectivity index (χ0n) is 18.9. The van der Waals surface area contributed by atoms with Gasteiger partial charge in [-0.3, -0.25) is 19.3 Å². The first-order valence-electron chi connectivity index (χ1n) is 10.8. The van der Waals surface area contributed by atoms with Crippen LogP contribution in [0.1, 0.15) is 41.4 Å². The Hall–Kier alpha value is -3.72. The molecule has 0 saturated heterocycles. The van der Waals surface area contributed by atoms with Crippen LogP contribution in [0, 0.1) is 6.92 Å². The molecule has 1 aromatic heterocycles. The molecule has 0 aliphatic carbocycles. The largest absolute Gasteiger partial charge is 0.486 e. The second-order valence-electron chi connectivity index (χ2n) is 7.76. The van der Waals surface area contributed by atoms with E-state index in [-0.39, 0.29) is 31.1 Å². The van der Waals surface area contributed by atoms with E-state index in [1.54, 1.807) is 23.6 Å². The third-order valence-corrected chi connectivity index (χ3v) is 5.98. The number of carbonyl (C=O) groups is 3. The van der Waals surface area contributed by atoms with Gasteiger partial charge in [-0.2, -0.15) is 0 Å². The van der Waals surface area contributed by atoms with Crippen molar-refractivity contribution in [2.24, 2.45) is 0 Å². The van der Waals surface area contributed by atoms with Crippen molar-refractivity contribution in [1.82, 2.24) is 4.98 Å². The van der Waals surface area contributed by atoms with Crippen molar-refractivity contribution in [2.45, 2.75) is 33.3 Å². The summed E-state index contributed by atoms with van der Waals surface area (Å²) in [7, 11) is 0. The van der Waals surface area contributed by atoms with Crippen LogP contribution in [0.15, 0.2) is 47.8 Å². The minimum atomic E-state index is -0.498. The third kappa shape index (κ3) is 5.60. The number of hydrogen-bond donors (Lipinski definition) is 0. The summed E-state index contributed by atoms with van der Waals surface area (Å²) in [5.41, 5.74) is 2.75. The van der Waals surface area contributed by atoms with E-state index in [0.717, 1.165) is 11.3 Å². The molecule has 1 aliphatic heterocycles. The SMILES string of the molecule is CC(=O)N(c1cccc(C)c1)c1nc(COC(=O)CCC(=O)c2ccc3c(c2)OCCO3)cs1. The maximum Gasteiger partial charge on any atom is 0.306 e. The van der Waals surface area contributed by atoms with E-state index >= 15 is 0 Å². The number of Topliss-reactive ketones (excluding diaryl/α,β-unsaturated/α-hetero) is 1. The molecule has 0 N–H and O–H groups in total. The number of amides is 1. The standard InChI is InChI=1S/C25H24N2O6S/c1-16-4-3-5-20(12-16)27(17(2)28)25-26-19(15-34-25)14-33-24(30)9-7-21(29)18-6-8-22-23(13-18)32-11-10-31-22/h3-6,8,12-13,15H,7,9-11,14H2,1-2H3. The molecule has 9 heteroatoms. The van der Waals surface area contributed by atoms with Crippen molar-refractivity contribution in [2.75, 3.05) is 18.1 Å². The van der Waals surface area contributed by atoms with E-state index in [0.29, 0.717) is 41.1 Å². The molecule has 1 aliphatic rings. The normalized spacial score (nSPS) is 12.2. The Labute approximate surface area is 201 Å². The van der Waals surface area contributed by atoms with Gasteiger partial charge in [0.25, 0.3) is 0 Å². The highest BCUT2D eigenvalue weighted by Crippen LogP contribution is 2.31. The summed E-state index contributed by atoms with van der Waals surface area (Å²) in [5.74, 6) is 0.295. The van der Waals surface area contributed by atoms with Gasteiger partial charge in [0.15, 0.2) is 22.4 Å². The van der Waals surface area contributed by atoms with Crippen LogP contribution in [-0.2, 0) is 20.9 Å². The molecular weight excluding hydrogens is 456 g/mol. The monoisotopic (exact) mass is 480 g/mol. The lowest BCUT2D eigenvalue weighted by Gasteiger charge is -2.18. The number of aromatic nitrogens is 1. The van der Waals surface area contributed by atoms with Crippen LogP contribution < -0.4 is 14.4 Å². The van der Waals surface area contributed by atoms with Crippen molar-refractivity contribution in [3.8, 4) is 11.5 Å². The van der Waals surface area contributed by atoms with Gasteiger partial charge in [0.2, 0.25) is 5.91 Å². The van der Waals surface area contributed by atoms with Gasteiger partial charge in [0, 0.05) is 24.3 Å². The van der Waals surface area contributed by atoms with Crippen molar-refractivity contribution in [1.29, 1.82) is 0 Å². The van der Waals surface area contributed by atoms with Crippen molar-refractivity contribution < 1.29 is 28.6 Å². The number of ketones is 1. The molecule has 0 saturated carbocycles. The van der Waals surface area contributed by atoms with Crippen molar-refractivity contribution in [3.05, 3.63) is 64.7 Å². The van der Waals surface area contributed by atoms with Gasteiger partial charge >= 0.3 is 5.97 Å². The van der Waals surface area contributed by atoms with E-state index in [1.165, 1.54) is 23.2 Å². The Morgan fingerprint density at radius 2 is 1.85 bits per heavy atom. The number of benzene rings is 2. The number of aryl methyl sites for hydroxylation is 1. The highest BCUT2D eigenvalue weighted by Gasteiger charge is 2.19. The minimum Gasteiger partial charge on any atom is -0.486 e. The van der Waals surface area contributed by atoms with Crippen LogP contribution in [0.4, 0.5) is 10.8 Å². The van der Waals surface area contributed by atoms with Crippen LogP contribution in [-0.4, -0.2) is 35.9 Å². The average molecular weight is 481 g/mol. The maximum atomic E-state index is 12.5. The number of carbonyl (C=O) groups excluding carboxylic acids is 3. The Kier molecular flexibility index (Phi) is 7.22. The molecule has 0 unspecified atom stereocenters. The van der Waals surface area contributed by atoms with Gasteiger partial charge in [-0.05, 0) is 42.8 Å². The van der Waals surface area contributed by atoms with E-state index in [1.807, 2.05) is 31.2 Å². The molecule has 0 fully saturated rings. The second kappa shape index (κ2) is 10.5. The highest BCUT2D eigenvalue weighted by atomic mass is 32.1. The number of rotatable bonds is 8. The van der Waals surface area contributed by atoms with Crippen molar-refractivity contribution in [3.63, 3.8) is 0 Å². The van der Waals surface area contributed by atoms with Crippen molar-refractivity contribution >= 4 is 39.8 Å². The first kappa shape index (κ1) is 23.4. The van der Waals surface area contributed by atoms with E-state index in [2.05, 4.69) is 4.98 Å². The van der Waals surface area contributed by atoms with Gasteiger partial charge < -0.3 is 14.2 Å². The molecule has 0 atom stereocenters. The topological polar surface area (TPSA) is 95.0 Å². The molecule has 2 heterocycles. The van der Waals surface area contributed by atoms with Crippen LogP contribution in [0.5, 0.6) is 11.5 Å². The lowest BCUT2D eigenvalue weighted by molar-refractivity contribution is -0.145. The molecule has 0 bridgehead atoms. The summed E-state index contributed by atoms with van der Waals surface area (Å²) < 4.78 is 16.2. The third-order valence-electron chi connectivity index (χ3n) is 5.11. The second-order valence-corrected chi connectivity index (χ2v) is 8.59. The zero-order valence-corrected chi connectivity index (χ0v) is 19.7. The van der Waals surface area contributed by atoms with Gasteiger partial charge in [0.05, 0.1) is 17.8 Å². The number of fused-ring (bicyclic) bond motifs is 1. The number of hydrogen-bond acceptors (Lipinski definition) is 8. The molecule has 2 aromatic carbocycles. The maximum absolute atomic E-state index is 12.5. The van der Waals surface area contributed by atoms with Crippen LogP contribution in [0.25, 0.3) is 0 Å². The average Bonchev–Trinajstić information content (AvgIpc) is 3.29. The first-order valence-corrected chi connectivity index (χ1v) is 11.7. The smallest absolute Gasteiger partial charge is 0.306 e. The molecule has 176 valence electrons. The first-order chi connectivity index (χ1) is 16.4. The van der Waals surface area contributed by atoms with Gasteiger partial charge in [-0.15, -0.1) is 11.3 Å². The van der Waals surface area contributed by atoms with Gasteiger partial charge in [0.1, 0.15) is 19.8 Å². The van der Waals surface area contributed by atoms with Gasteiger partial charge in [-0.1, -0.05) is 12.1 Å². The Bertz CT molecular complexity index is 1220. The number of anilines is 2.